The Morgan fingerprint density at radius 3 is 2.75 bits per heavy atom. The Balaban J connectivity index is 2.37. The second kappa shape index (κ2) is 6.74. The molecule has 0 aliphatic rings. The molecule has 1 atom stereocenters. The van der Waals surface area contributed by atoms with Crippen LogP contribution in [0.3, 0.4) is 0 Å². The zero-order chi connectivity index (χ0) is 14.7. The van der Waals surface area contributed by atoms with Gasteiger partial charge in [-0.25, -0.2) is 9.97 Å². The molecule has 2 aromatic rings. The maximum absolute atomic E-state index is 9.09. The summed E-state index contributed by atoms with van der Waals surface area (Å²) in [5.41, 5.74) is 1.27. The maximum Gasteiger partial charge on any atom is 0.142 e. The standard InChI is InChI=1S/C14H21N3OS2/c1-5-15-13-12-9(3)10(4)20-14(12)17-11(16-13)7-19-8(2)6-18/h8,18H,5-7H2,1-4H3,(H,15,16,17). The summed E-state index contributed by atoms with van der Waals surface area (Å²) in [7, 11) is 0. The first-order valence-corrected chi connectivity index (χ1v) is 8.66. The van der Waals surface area contributed by atoms with Gasteiger partial charge in [0.1, 0.15) is 16.5 Å². The SMILES string of the molecule is CCNc1nc(CSC(C)CO)nc2sc(C)c(C)c12. The topological polar surface area (TPSA) is 58.0 Å². The van der Waals surface area contributed by atoms with Crippen molar-refractivity contribution in [1.29, 1.82) is 0 Å². The molecule has 2 N–H and O–H groups in total. The van der Waals surface area contributed by atoms with E-state index in [-0.39, 0.29) is 11.9 Å². The van der Waals surface area contributed by atoms with Crippen LogP contribution in [0.2, 0.25) is 0 Å². The molecule has 0 saturated heterocycles. The maximum atomic E-state index is 9.09. The number of hydrogen-bond acceptors (Lipinski definition) is 6. The van der Waals surface area contributed by atoms with Crippen LogP contribution in [0.25, 0.3) is 10.2 Å². The van der Waals surface area contributed by atoms with E-state index in [1.54, 1.807) is 23.1 Å². The molecule has 2 aromatic heterocycles. The van der Waals surface area contributed by atoms with Gasteiger partial charge >= 0.3 is 0 Å². The minimum atomic E-state index is 0.185. The van der Waals surface area contributed by atoms with Crippen LogP contribution in [0.15, 0.2) is 0 Å². The number of rotatable bonds is 6. The van der Waals surface area contributed by atoms with Gasteiger partial charge in [0.15, 0.2) is 0 Å². The molecule has 110 valence electrons. The zero-order valence-corrected chi connectivity index (χ0v) is 14.0. The highest BCUT2D eigenvalue weighted by Crippen LogP contribution is 2.33. The molecule has 0 aliphatic heterocycles. The van der Waals surface area contributed by atoms with Gasteiger partial charge in [0.2, 0.25) is 0 Å². The van der Waals surface area contributed by atoms with Crippen LogP contribution < -0.4 is 5.32 Å². The first-order valence-electron chi connectivity index (χ1n) is 6.79. The van der Waals surface area contributed by atoms with Crippen LogP contribution in [0, 0.1) is 13.8 Å². The molecular formula is C14H21N3OS2. The Labute approximate surface area is 128 Å². The molecule has 4 nitrogen and oxygen atoms in total. The minimum absolute atomic E-state index is 0.185. The third kappa shape index (κ3) is 3.24. The molecule has 0 spiro atoms. The van der Waals surface area contributed by atoms with E-state index in [9.17, 15) is 0 Å². The Bertz CT molecular complexity index is 598. The predicted molar refractivity (Wildman–Crippen MR) is 88.9 cm³/mol. The summed E-state index contributed by atoms with van der Waals surface area (Å²) in [6.45, 7) is 9.36. The van der Waals surface area contributed by atoms with Crippen LogP contribution in [0.1, 0.15) is 30.1 Å². The van der Waals surface area contributed by atoms with E-state index in [1.807, 2.05) is 6.92 Å². The fourth-order valence-electron chi connectivity index (χ4n) is 1.92. The summed E-state index contributed by atoms with van der Waals surface area (Å²) in [5.74, 6) is 2.50. The van der Waals surface area contributed by atoms with Crippen molar-refractivity contribution in [1.82, 2.24) is 9.97 Å². The Kier molecular flexibility index (Phi) is 5.23. The summed E-state index contributed by atoms with van der Waals surface area (Å²) in [6, 6.07) is 0. The number of aliphatic hydroxyl groups is 1. The second-order valence-corrected chi connectivity index (χ2v) is 7.42. The van der Waals surface area contributed by atoms with Gasteiger partial charge in [0.25, 0.3) is 0 Å². The molecule has 0 bridgehead atoms. The van der Waals surface area contributed by atoms with Crippen LogP contribution in [0.4, 0.5) is 5.82 Å². The van der Waals surface area contributed by atoms with E-state index in [0.29, 0.717) is 0 Å². The number of aromatic nitrogens is 2. The number of aliphatic hydroxyl groups excluding tert-OH is 1. The summed E-state index contributed by atoms with van der Waals surface area (Å²) < 4.78 is 0. The number of thiophene rings is 1. The highest BCUT2D eigenvalue weighted by atomic mass is 32.2. The van der Waals surface area contributed by atoms with Crippen LogP contribution in [-0.4, -0.2) is 33.5 Å². The third-order valence-corrected chi connectivity index (χ3v) is 5.42. The molecule has 0 radical (unpaired) electrons. The van der Waals surface area contributed by atoms with Crippen LogP contribution >= 0.6 is 23.1 Å². The lowest BCUT2D eigenvalue weighted by atomic mass is 10.2. The molecular weight excluding hydrogens is 290 g/mol. The fourth-order valence-corrected chi connectivity index (χ4v) is 3.64. The molecule has 0 saturated carbocycles. The number of nitrogens with zero attached hydrogens (tertiary/aromatic N) is 2. The van der Waals surface area contributed by atoms with E-state index in [4.69, 9.17) is 5.11 Å². The monoisotopic (exact) mass is 311 g/mol. The first-order chi connectivity index (χ1) is 9.56. The summed E-state index contributed by atoms with van der Waals surface area (Å²) >= 11 is 3.40. The number of anilines is 1. The number of hydrogen-bond donors (Lipinski definition) is 2. The van der Waals surface area contributed by atoms with Gasteiger partial charge in [-0.05, 0) is 26.3 Å². The van der Waals surface area contributed by atoms with Gasteiger partial charge in [-0.2, -0.15) is 0 Å². The normalized spacial score (nSPS) is 12.8. The Morgan fingerprint density at radius 1 is 1.35 bits per heavy atom. The van der Waals surface area contributed by atoms with Gasteiger partial charge in [0.05, 0.1) is 17.7 Å². The lowest BCUT2D eigenvalue weighted by molar-refractivity contribution is 0.300. The first kappa shape index (κ1) is 15.5. The molecule has 0 aromatic carbocycles. The van der Waals surface area contributed by atoms with E-state index >= 15 is 0 Å². The minimum Gasteiger partial charge on any atom is -0.395 e. The molecule has 6 heteroatoms. The predicted octanol–water partition coefficient (Wildman–Crippen LogP) is 3.35. The van der Waals surface area contributed by atoms with Gasteiger partial charge in [-0.3, -0.25) is 0 Å². The highest BCUT2D eigenvalue weighted by molar-refractivity contribution is 7.99. The van der Waals surface area contributed by atoms with Crippen molar-refractivity contribution in [2.75, 3.05) is 18.5 Å². The van der Waals surface area contributed by atoms with Crippen LogP contribution in [0.5, 0.6) is 0 Å². The van der Waals surface area contributed by atoms with Crippen molar-refractivity contribution in [2.24, 2.45) is 0 Å². The van der Waals surface area contributed by atoms with Crippen molar-refractivity contribution in [3.63, 3.8) is 0 Å². The summed E-state index contributed by atoms with van der Waals surface area (Å²) in [6.07, 6.45) is 0. The lowest BCUT2D eigenvalue weighted by Crippen LogP contribution is -2.06. The largest absolute Gasteiger partial charge is 0.395 e. The van der Waals surface area contributed by atoms with Crippen molar-refractivity contribution >= 4 is 39.1 Å². The number of fused-ring (bicyclic) bond motifs is 1. The van der Waals surface area contributed by atoms with Gasteiger partial charge in [-0.15, -0.1) is 23.1 Å². The van der Waals surface area contributed by atoms with Crippen LogP contribution in [-0.2, 0) is 5.75 Å². The number of nitrogens with one attached hydrogen (secondary N) is 1. The van der Waals surface area contributed by atoms with Crippen molar-refractivity contribution in [3.05, 3.63) is 16.3 Å². The summed E-state index contributed by atoms with van der Waals surface area (Å²) in [5, 5.41) is 13.8. The molecule has 2 rings (SSSR count). The quantitative estimate of drug-likeness (QED) is 0.857. The molecule has 1 unspecified atom stereocenters. The molecule has 0 aliphatic carbocycles. The zero-order valence-electron chi connectivity index (χ0n) is 12.4. The summed E-state index contributed by atoms with van der Waals surface area (Å²) in [4.78, 5) is 11.7. The molecule has 0 fully saturated rings. The average Bonchev–Trinajstić information content (AvgIpc) is 2.72. The van der Waals surface area contributed by atoms with Crippen molar-refractivity contribution < 1.29 is 5.11 Å². The highest BCUT2D eigenvalue weighted by Gasteiger charge is 2.14. The van der Waals surface area contributed by atoms with E-state index < -0.39 is 0 Å². The number of aryl methyl sites for hydroxylation is 2. The van der Waals surface area contributed by atoms with Gasteiger partial charge < -0.3 is 10.4 Å². The van der Waals surface area contributed by atoms with E-state index in [0.717, 1.165) is 34.2 Å². The lowest BCUT2D eigenvalue weighted by Gasteiger charge is -2.10. The molecule has 0 amide bonds. The van der Waals surface area contributed by atoms with Crippen molar-refractivity contribution in [3.8, 4) is 0 Å². The van der Waals surface area contributed by atoms with Crippen molar-refractivity contribution in [2.45, 2.75) is 38.7 Å². The third-order valence-electron chi connectivity index (χ3n) is 3.17. The molecule has 20 heavy (non-hydrogen) atoms. The van der Waals surface area contributed by atoms with Gasteiger partial charge in [0, 0.05) is 16.7 Å². The number of thioether (sulfide) groups is 1. The van der Waals surface area contributed by atoms with E-state index in [2.05, 4.69) is 36.1 Å². The Morgan fingerprint density at radius 2 is 2.10 bits per heavy atom. The fraction of sp³-hybridized carbons (Fsp3) is 0.571. The smallest absolute Gasteiger partial charge is 0.142 e. The van der Waals surface area contributed by atoms with E-state index in [1.165, 1.54) is 10.4 Å². The average molecular weight is 311 g/mol. The second-order valence-electron chi connectivity index (χ2n) is 4.79. The Hall–Kier alpha value is -0.850. The van der Waals surface area contributed by atoms with Gasteiger partial charge in [-0.1, -0.05) is 6.92 Å². The molecule has 2 heterocycles.